The predicted molar refractivity (Wildman–Crippen MR) is 68.1 cm³/mol. The summed E-state index contributed by atoms with van der Waals surface area (Å²) in [6, 6.07) is 7.34. The van der Waals surface area contributed by atoms with E-state index in [0.717, 1.165) is 18.7 Å². The van der Waals surface area contributed by atoms with Crippen molar-refractivity contribution in [3.8, 4) is 0 Å². The zero-order valence-corrected chi connectivity index (χ0v) is 10.2. The summed E-state index contributed by atoms with van der Waals surface area (Å²) < 4.78 is 13.1. The van der Waals surface area contributed by atoms with E-state index < -0.39 is 0 Å². The van der Waals surface area contributed by atoms with Crippen molar-refractivity contribution in [3.63, 3.8) is 0 Å². The maximum absolute atomic E-state index is 13.1. The van der Waals surface area contributed by atoms with Gasteiger partial charge in [-0.3, -0.25) is 4.90 Å². The highest BCUT2D eigenvalue weighted by molar-refractivity contribution is 5.16. The molecule has 0 spiro atoms. The summed E-state index contributed by atoms with van der Waals surface area (Å²) in [6.07, 6.45) is 4.95. The fourth-order valence-corrected chi connectivity index (χ4v) is 2.58. The second-order valence-electron chi connectivity index (χ2n) is 4.84. The highest BCUT2D eigenvalue weighted by atomic mass is 19.1. The standard InChI is InChI=1S/C14H21FN2/c15-13-6-4-5-12(9-13)11-17-8-3-1-2-7-14(17)10-16/h4-6,9,14H,1-3,7-8,10-11,16H2. The lowest BCUT2D eigenvalue weighted by Gasteiger charge is -2.28. The van der Waals surface area contributed by atoms with Crippen LogP contribution >= 0.6 is 0 Å². The highest BCUT2D eigenvalue weighted by Gasteiger charge is 2.19. The quantitative estimate of drug-likeness (QED) is 0.874. The number of hydrogen-bond donors (Lipinski definition) is 1. The number of benzene rings is 1. The average Bonchev–Trinajstić information content (AvgIpc) is 2.54. The van der Waals surface area contributed by atoms with Gasteiger partial charge in [0.15, 0.2) is 0 Å². The molecule has 17 heavy (non-hydrogen) atoms. The molecule has 0 bridgehead atoms. The van der Waals surface area contributed by atoms with Gasteiger partial charge in [-0.2, -0.15) is 0 Å². The fraction of sp³-hybridized carbons (Fsp3) is 0.571. The van der Waals surface area contributed by atoms with E-state index in [1.165, 1.54) is 31.7 Å². The lowest BCUT2D eigenvalue weighted by atomic mass is 10.1. The van der Waals surface area contributed by atoms with Crippen LogP contribution in [0.15, 0.2) is 24.3 Å². The van der Waals surface area contributed by atoms with Crippen molar-refractivity contribution in [1.82, 2.24) is 4.90 Å². The van der Waals surface area contributed by atoms with Gasteiger partial charge >= 0.3 is 0 Å². The van der Waals surface area contributed by atoms with Crippen molar-refractivity contribution in [2.24, 2.45) is 5.73 Å². The zero-order chi connectivity index (χ0) is 12.1. The van der Waals surface area contributed by atoms with Gasteiger partial charge in [0.1, 0.15) is 5.82 Å². The Morgan fingerprint density at radius 3 is 2.94 bits per heavy atom. The van der Waals surface area contributed by atoms with Crippen LogP contribution in [0, 0.1) is 5.82 Å². The number of likely N-dealkylation sites (tertiary alicyclic amines) is 1. The Kier molecular flexibility index (Phi) is 4.51. The molecule has 0 aliphatic carbocycles. The number of rotatable bonds is 3. The van der Waals surface area contributed by atoms with E-state index in [0.29, 0.717) is 12.6 Å². The van der Waals surface area contributed by atoms with Crippen molar-refractivity contribution >= 4 is 0 Å². The first-order valence-electron chi connectivity index (χ1n) is 6.48. The molecule has 1 saturated heterocycles. The predicted octanol–water partition coefficient (Wildman–Crippen LogP) is 2.53. The summed E-state index contributed by atoms with van der Waals surface area (Å²) in [4.78, 5) is 2.40. The summed E-state index contributed by atoms with van der Waals surface area (Å²) in [5.41, 5.74) is 6.88. The lowest BCUT2D eigenvalue weighted by molar-refractivity contribution is 0.195. The number of hydrogen-bond acceptors (Lipinski definition) is 2. The van der Waals surface area contributed by atoms with Gasteiger partial charge in [-0.15, -0.1) is 0 Å². The fourth-order valence-electron chi connectivity index (χ4n) is 2.58. The summed E-state index contributed by atoms with van der Waals surface area (Å²) in [6.45, 7) is 2.60. The van der Waals surface area contributed by atoms with Crippen molar-refractivity contribution < 1.29 is 4.39 Å². The first kappa shape index (κ1) is 12.5. The molecule has 0 saturated carbocycles. The number of halogens is 1. The second-order valence-corrected chi connectivity index (χ2v) is 4.84. The summed E-state index contributed by atoms with van der Waals surface area (Å²) >= 11 is 0. The largest absolute Gasteiger partial charge is 0.329 e. The molecule has 1 aromatic carbocycles. The van der Waals surface area contributed by atoms with Gasteiger partial charge in [-0.05, 0) is 37.1 Å². The first-order chi connectivity index (χ1) is 8.29. The van der Waals surface area contributed by atoms with E-state index in [9.17, 15) is 4.39 Å². The molecule has 0 radical (unpaired) electrons. The van der Waals surface area contributed by atoms with Gasteiger partial charge in [0.2, 0.25) is 0 Å². The third kappa shape index (κ3) is 3.51. The topological polar surface area (TPSA) is 29.3 Å². The minimum Gasteiger partial charge on any atom is -0.329 e. The molecule has 1 fully saturated rings. The van der Waals surface area contributed by atoms with Crippen LogP contribution in [0.25, 0.3) is 0 Å². The molecular weight excluding hydrogens is 215 g/mol. The minimum atomic E-state index is -0.151. The molecule has 2 rings (SSSR count). The summed E-state index contributed by atoms with van der Waals surface area (Å²) in [5.74, 6) is -0.151. The first-order valence-corrected chi connectivity index (χ1v) is 6.48. The smallest absolute Gasteiger partial charge is 0.123 e. The Bertz CT molecular complexity index is 354. The molecule has 1 heterocycles. The van der Waals surface area contributed by atoms with Crippen LogP contribution in [0.5, 0.6) is 0 Å². The van der Waals surface area contributed by atoms with Crippen molar-refractivity contribution in [2.75, 3.05) is 13.1 Å². The number of nitrogens with two attached hydrogens (primary N) is 1. The Hall–Kier alpha value is -0.930. The molecule has 2 N–H and O–H groups in total. The van der Waals surface area contributed by atoms with Crippen LogP contribution in [0.4, 0.5) is 4.39 Å². The summed E-state index contributed by atoms with van der Waals surface area (Å²) in [5, 5.41) is 0. The van der Waals surface area contributed by atoms with Gasteiger partial charge in [0, 0.05) is 19.1 Å². The average molecular weight is 236 g/mol. The van der Waals surface area contributed by atoms with E-state index in [1.54, 1.807) is 12.1 Å². The molecule has 2 nitrogen and oxygen atoms in total. The third-order valence-corrected chi connectivity index (χ3v) is 3.55. The molecule has 1 atom stereocenters. The van der Waals surface area contributed by atoms with Crippen molar-refractivity contribution in [1.29, 1.82) is 0 Å². The van der Waals surface area contributed by atoms with Gasteiger partial charge in [-0.25, -0.2) is 4.39 Å². The van der Waals surface area contributed by atoms with E-state index >= 15 is 0 Å². The Balaban J connectivity index is 2.04. The molecule has 1 aliphatic heterocycles. The number of nitrogens with zero attached hydrogens (tertiary/aromatic N) is 1. The van der Waals surface area contributed by atoms with Crippen LogP contribution in [-0.2, 0) is 6.54 Å². The molecule has 3 heteroatoms. The van der Waals surface area contributed by atoms with Crippen LogP contribution in [0.3, 0.4) is 0 Å². The molecule has 0 amide bonds. The van der Waals surface area contributed by atoms with Crippen molar-refractivity contribution in [2.45, 2.75) is 38.3 Å². The van der Waals surface area contributed by atoms with E-state index in [-0.39, 0.29) is 5.82 Å². The highest BCUT2D eigenvalue weighted by Crippen LogP contribution is 2.18. The van der Waals surface area contributed by atoms with Crippen LogP contribution in [-0.4, -0.2) is 24.0 Å². The van der Waals surface area contributed by atoms with Gasteiger partial charge in [-0.1, -0.05) is 25.0 Å². The van der Waals surface area contributed by atoms with Crippen LogP contribution < -0.4 is 5.73 Å². The molecule has 1 unspecified atom stereocenters. The molecular formula is C14H21FN2. The SMILES string of the molecule is NCC1CCCCCN1Cc1cccc(F)c1. The Morgan fingerprint density at radius 1 is 1.29 bits per heavy atom. The molecule has 1 aromatic rings. The minimum absolute atomic E-state index is 0.151. The zero-order valence-electron chi connectivity index (χ0n) is 10.2. The van der Waals surface area contributed by atoms with E-state index in [2.05, 4.69) is 4.90 Å². The third-order valence-electron chi connectivity index (χ3n) is 3.55. The monoisotopic (exact) mass is 236 g/mol. The summed E-state index contributed by atoms with van der Waals surface area (Å²) in [7, 11) is 0. The maximum atomic E-state index is 13.1. The normalized spacial score (nSPS) is 22.4. The molecule has 94 valence electrons. The Morgan fingerprint density at radius 2 is 2.18 bits per heavy atom. The maximum Gasteiger partial charge on any atom is 0.123 e. The van der Waals surface area contributed by atoms with Crippen LogP contribution in [0.1, 0.15) is 31.2 Å². The Labute approximate surface area is 103 Å². The lowest BCUT2D eigenvalue weighted by Crippen LogP contribution is -2.39. The van der Waals surface area contributed by atoms with Crippen LogP contribution in [0.2, 0.25) is 0 Å². The molecule has 0 aromatic heterocycles. The second kappa shape index (κ2) is 6.12. The van der Waals surface area contributed by atoms with E-state index in [1.807, 2.05) is 6.07 Å². The van der Waals surface area contributed by atoms with Gasteiger partial charge in [0.05, 0.1) is 0 Å². The van der Waals surface area contributed by atoms with E-state index in [4.69, 9.17) is 5.73 Å². The van der Waals surface area contributed by atoms with Gasteiger partial charge < -0.3 is 5.73 Å². The van der Waals surface area contributed by atoms with Gasteiger partial charge in [0.25, 0.3) is 0 Å². The van der Waals surface area contributed by atoms with Crippen molar-refractivity contribution in [3.05, 3.63) is 35.6 Å². The molecule has 1 aliphatic rings.